The van der Waals surface area contributed by atoms with Crippen LogP contribution in [0, 0.1) is 0 Å². The minimum absolute atomic E-state index is 0.0924. The van der Waals surface area contributed by atoms with E-state index in [2.05, 4.69) is 31.3 Å². The average Bonchev–Trinajstić information content (AvgIpc) is 2.61. The lowest BCUT2D eigenvalue weighted by molar-refractivity contribution is 0.531. The molecule has 2 aromatic carbocycles. The normalized spacial score (nSPS) is 11.3. The second-order valence-electron chi connectivity index (χ2n) is 6.42. The molecule has 1 heterocycles. The highest BCUT2D eigenvalue weighted by molar-refractivity contribution is 5.95. The molecule has 0 saturated carbocycles. The zero-order valence-electron chi connectivity index (χ0n) is 14.3. The monoisotopic (exact) mass is 320 g/mol. The lowest BCUT2D eigenvalue weighted by Crippen LogP contribution is -2.26. The molecule has 0 aliphatic rings. The van der Waals surface area contributed by atoms with E-state index in [0.717, 1.165) is 41.4 Å². The average molecular weight is 320 g/mol. The van der Waals surface area contributed by atoms with Crippen LogP contribution in [0.5, 0.6) is 0 Å². The summed E-state index contributed by atoms with van der Waals surface area (Å²) in [6.07, 6.45) is 2.94. The summed E-state index contributed by atoms with van der Waals surface area (Å²) in [6, 6.07) is 18.6. The van der Waals surface area contributed by atoms with E-state index in [1.807, 2.05) is 53.2 Å². The van der Waals surface area contributed by atoms with Gasteiger partial charge in [0.1, 0.15) is 0 Å². The van der Waals surface area contributed by atoms with Crippen LogP contribution in [-0.2, 0) is 6.54 Å². The predicted molar refractivity (Wildman–Crippen MR) is 101 cm³/mol. The third kappa shape index (κ3) is 3.57. The number of rotatable bonds is 6. The Labute approximate surface area is 143 Å². The highest BCUT2D eigenvalue weighted by atomic mass is 16.1. The number of aryl methyl sites for hydroxylation is 1. The number of hydrogen-bond donors (Lipinski definition) is 1. The zero-order valence-corrected chi connectivity index (χ0v) is 14.3. The number of fused-ring (bicyclic) bond motifs is 1. The summed E-state index contributed by atoms with van der Waals surface area (Å²) in [5.74, 6) is 0. The Kier molecular flexibility index (Phi) is 5.11. The maximum atomic E-state index is 12.8. The zero-order chi connectivity index (χ0) is 16.9. The van der Waals surface area contributed by atoms with E-state index in [1.165, 1.54) is 0 Å². The molecule has 1 N–H and O–H groups in total. The van der Waals surface area contributed by atoms with Gasteiger partial charge in [-0.2, -0.15) is 0 Å². The molecule has 1 aromatic heterocycles. The summed E-state index contributed by atoms with van der Waals surface area (Å²) in [6.45, 7) is 5.91. The molecule has 3 aromatic rings. The number of hydrogen-bond acceptors (Lipinski definition) is 2. The van der Waals surface area contributed by atoms with Gasteiger partial charge < -0.3 is 9.88 Å². The van der Waals surface area contributed by atoms with Gasteiger partial charge in [-0.1, -0.05) is 62.4 Å². The Morgan fingerprint density at radius 1 is 0.958 bits per heavy atom. The summed E-state index contributed by atoms with van der Waals surface area (Å²) < 4.78 is 1.85. The molecule has 3 nitrogen and oxygen atoms in total. The van der Waals surface area contributed by atoms with Crippen LogP contribution in [0.3, 0.4) is 0 Å². The van der Waals surface area contributed by atoms with E-state index >= 15 is 0 Å². The molecule has 124 valence electrons. The Bertz CT molecular complexity index is 866. The van der Waals surface area contributed by atoms with Gasteiger partial charge in [-0.15, -0.1) is 0 Å². The van der Waals surface area contributed by atoms with Gasteiger partial charge in [0.15, 0.2) is 0 Å². The first-order valence-corrected chi connectivity index (χ1v) is 8.58. The molecule has 3 heteroatoms. The van der Waals surface area contributed by atoms with Gasteiger partial charge in [0.2, 0.25) is 0 Å². The molecule has 0 aliphatic heterocycles. The second kappa shape index (κ2) is 7.45. The van der Waals surface area contributed by atoms with Crippen LogP contribution in [0.1, 0.15) is 20.3 Å². The van der Waals surface area contributed by atoms with E-state index in [-0.39, 0.29) is 5.56 Å². The van der Waals surface area contributed by atoms with Crippen molar-refractivity contribution >= 4 is 10.8 Å². The van der Waals surface area contributed by atoms with Crippen molar-refractivity contribution in [3.8, 4) is 11.1 Å². The van der Waals surface area contributed by atoms with Crippen molar-refractivity contribution in [2.75, 3.05) is 6.54 Å². The standard InChI is InChI=1S/C21H24N2O/c1-16(2)22-13-8-14-23-15-20(17-9-4-3-5-10-17)18-11-6-7-12-19(18)21(23)24/h3-7,9-12,15-16,22H,8,13-14H2,1-2H3. The lowest BCUT2D eigenvalue weighted by Gasteiger charge is -2.13. The van der Waals surface area contributed by atoms with E-state index in [0.29, 0.717) is 6.04 Å². The van der Waals surface area contributed by atoms with Crippen molar-refractivity contribution in [3.63, 3.8) is 0 Å². The molecule has 0 fully saturated rings. The molecule has 3 rings (SSSR count). The van der Waals surface area contributed by atoms with Crippen LogP contribution in [0.25, 0.3) is 21.9 Å². The fourth-order valence-corrected chi connectivity index (χ4v) is 3.00. The maximum Gasteiger partial charge on any atom is 0.258 e. The van der Waals surface area contributed by atoms with Crippen LogP contribution >= 0.6 is 0 Å². The van der Waals surface area contributed by atoms with Gasteiger partial charge in [0.05, 0.1) is 0 Å². The first-order valence-electron chi connectivity index (χ1n) is 8.58. The predicted octanol–water partition coefficient (Wildman–Crippen LogP) is 4.06. The molecule has 0 aliphatic carbocycles. The molecular formula is C21H24N2O. The summed E-state index contributed by atoms with van der Waals surface area (Å²) in [5, 5.41) is 5.21. The van der Waals surface area contributed by atoms with Gasteiger partial charge in [-0.3, -0.25) is 4.79 Å². The van der Waals surface area contributed by atoms with Gasteiger partial charge >= 0.3 is 0 Å². The maximum absolute atomic E-state index is 12.8. The van der Waals surface area contributed by atoms with Crippen molar-refractivity contribution in [1.29, 1.82) is 0 Å². The summed E-state index contributed by atoms with van der Waals surface area (Å²) in [7, 11) is 0. The van der Waals surface area contributed by atoms with Crippen LogP contribution in [0.15, 0.2) is 65.6 Å². The number of benzene rings is 2. The van der Waals surface area contributed by atoms with E-state index in [4.69, 9.17) is 0 Å². The Hall–Kier alpha value is -2.39. The first-order chi connectivity index (χ1) is 11.7. The van der Waals surface area contributed by atoms with Gasteiger partial charge in [0.25, 0.3) is 5.56 Å². The first kappa shape index (κ1) is 16.5. The van der Waals surface area contributed by atoms with Crippen molar-refractivity contribution < 1.29 is 0 Å². The molecule has 0 spiro atoms. The molecule has 0 amide bonds. The number of pyridine rings is 1. The van der Waals surface area contributed by atoms with Crippen molar-refractivity contribution in [2.45, 2.75) is 32.9 Å². The third-order valence-electron chi connectivity index (χ3n) is 4.21. The van der Waals surface area contributed by atoms with E-state index in [1.54, 1.807) is 0 Å². The number of nitrogens with one attached hydrogen (secondary N) is 1. The molecule has 0 bridgehead atoms. The largest absolute Gasteiger partial charge is 0.314 e. The Morgan fingerprint density at radius 3 is 2.33 bits per heavy atom. The third-order valence-corrected chi connectivity index (χ3v) is 4.21. The fourth-order valence-electron chi connectivity index (χ4n) is 3.00. The lowest BCUT2D eigenvalue weighted by atomic mass is 10.0. The van der Waals surface area contributed by atoms with Crippen molar-refractivity contribution in [3.05, 3.63) is 71.1 Å². The van der Waals surface area contributed by atoms with Crippen molar-refractivity contribution in [2.24, 2.45) is 0 Å². The van der Waals surface area contributed by atoms with Gasteiger partial charge in [0, 0.05) is 29.7 Å². The van der Waals surface area contributed by atoms with Crippen molar-refractivity contribution in [1.82, 2.24) is 9.88 Å². The molecule has 0 atom stereocenters. The topological polar surface area (TPSA) is 34.0 Å². The second-order valence-corrected chi connectivity index (χ2v) is 6.42. The minimum Gasteiger partial charge on any atom is -0.314 e. The molecule has 0 radical (unpaired) electrons. The highest BCUT2D eigenvalue weighted by Crippen LogP contribution is 2.26. The summed E-state index contributed by atoms with van der Waals surface area (Å²) in [4.78, 5) is 12.8. The summed E-state index contributed by atoms with van der Waals surface area (Å²) >= 11 is 0. The Balaban J connectivity index is 2.01. The fraction of sp³-hybridized carbons (Fsp3) is 0.286. The SMILES string of the molecule is CC(C)NCCCn1cc(-c2ccccc2)c2ccccc2c1=O. The molecular weight excluding hydrogens is 296 g/mol. The van der Waals surface area contributed by atoms with Crippen LogP contribution in [0.4, 0.5) is 0 Å². The molecule has 24 heavy (non-hydrogen) atoms. The van der Waals surface area contributed by atoms with Crippen LogP contribution in [0.2, 0.25) is 0 Å². The summed E-state index contributed by atoms with van der Waals surface area (Å²) in [5.41, 5.74) is 2.35. The van der Waals surface area contributed by atoms with Crippen LogP contribution < -0.4 is 10.9 Å². The smallest absolute Gasteiger partial charge is 0.258 e. The van der Waals surface area contributed by atoms with Crippen LogP contribution in [-0.4, -0.2) is 17.2 Å². The molecule has 0 unspecified atom stereocenters. The van der Waals surface area contributed by atoms with Gasteiger partial charge in [-0.25, -0.2) is 0 Å². The van der Waals surface area contributed by atoms with E-state index in [9.17, 15) is 4.79 Å². The molecule has 0 saturated heterocycles. The number of aromatic nitrogens is 1. The Morgan fingerprint density at radius 2 is 1.62 bits per heavy atom. The van der Waals surface area contributed by atoms with Gasteiger partial charge in [-0.05, 0) is 30.0 Å². The quantitative estimate of drug-likeness (QED) is 0.695. The number of nitrogens with zero attached hydrogens (tertiary/aromatic N) is 1. The van der Waals surface area contributed by atoms with E-state index < -0.39 is 0 Å². The minimum atomic E-state index is 0.0924. The highest BCUT2D eigenvalue weighted by Gasteiger charge is 2.09.